The minimum Gasteiger partial charge on any atom is -0.229 e. The lowest BCUT2D eigenvalue weighted by atomic mass is 9.86. The lowest BCUT2D eigenvalue weighted by Gasteiger charge is -2.30. The molecule has 0 aliphatic heterocycles. The van der Waals surface area contributed by atoms with E-state index in [1.165, 1.54) is 6.26 Å². The largest absolute Gasteiger partial charge is 0.229 e. The Labute approximate surface area is 76.3 Å². The molecule has 0 aromatic rings. The van der Waals surface area contributed by atoms with Crippen LogP contribution in [0.3, 0.4) is 0 Å². The highest BCUT2D eigenvalue weighted by Crippen LogP contribution is 2.31. The Morgan fingerprint density at radius 3 is 1.42 bits per heavy atom. The molecule has 0 aliphatic carbocycles. The summed E-state index contributed by atoms with van der Waals surface area (Å²) in [5.41, 5.74) is 0.0621. The summed E-state index contributed by atoms with van der Waals surface area (Å²) in [6.07, 6.45) is 2.00. The van der Waals surface area contributed by atoms with Crippen LogP contribution in [-0.4, -0.2) is 19.4 Å². The summed E-state index contributed by atoms with van der Waals surface area (Å²) in [5, 5.41) is 0. The average molecular weight is 192 g/mol. The van der Waals surface area contributed by atoms with Crippen LogP contribution in [-0.2, 0) is 9.84 Å². The zero-order chi connectivity index (χ0) is 10.2. The summed E-state index contributed by atoms with van der Waals surface area (Å²) in [6.45, 7) is 9.74. The Hall–Kier alpha value is -0.0500. The van der Waals surface area contributed by atoms with E-state index in [1.54, 1.807) is 13.8 Å². The van der Waals surface area contributed by atoms with Crippen molar-refractivity contribution >= 4 is 9.84 Å². The molecule has 74 valence electrons. The topological polar surface area (TPSA) is 34.1 Å². The second kappa shape index (κ2) is 3.02. The molecular formula is C9H20O2S. The first-order valence-corrected chi connectivity index (χ1v) is 6.04. The van der Waals surface area contributed by atoms with Gasteiger partial charge in [-0.15, -0.1) is 0 Å². The molecule has 0 unspecified atom stereocenters. The van der Waals surface area contributed by atoms with Gasteiger partial charge in [-0.05, 0) is 25.7 Å². The number of rotatable bonds is 2. The first-order valence-electron chi connectivity index (χ1n) is 4.15. The molecule has 0 rings (SSSR count). The Balaban J connectivity index is 4.68. The highest BCUT2D eigenvalue weighted by atomic mass is 32.2. The molecule has 0 atom stereocenters. The third-order valence-corrected chi connectivity index (χ3v) is 4.11. The van der Waals surface area contributed by atoms with Gasteiger partial charge in [0.2, 0.25) is 0 Å². The van der Waals surface area contributed by atoms with Gasteiger partial charge in [0, 0.05) is 6.26 Å². The summed E-state index contributed by atoms with van der Waals surface area (Å²) in [4.78, 5) is 0. The van der Waals surface area contributed by atoms with Crippen LogP contribution in [0.1, 0.15) is 41.0 Å². The van der Waals surface area contributed by atoms with Gasteiger partial charge in [0.05, 0.1) is 4.75 Å². The van der Waals surface area contributed by atoms with Crippen LogP contribution >= 0.6 is 0 Å². The predicted octanol–water partition coefficient (Wildman–Crippen LogP) is 2.25. The minimum atomic E-state index is -2.94. The molecule has 0 bridgehead atoms. The van der Waals surface area contributed by atoms with Crippen molar-refractivity contribution in [2.45, 2.75) is 45.8 Å². The Morgan fingerprint density at radius 2 is 1.33 bits per heavy atom. The molecule has 0 aromatic heterocycles. The number of hydrogen-bond acceptors (Lipinski definition) is 2. The number of sulfone groups is 1. The lowest BCUT2D eigenvalue weighted by molar-refractivity contribution is 0.330. The van der Waals surface area contributed by atoms with E-state index in [4.69, 9.17) is 0 Å². The predicted molar refractivity (Wildman–Crippen MR) is 53.0 cm³/mol. The third-order valence-electron chi connectivity index (χ3n) is 1.96. The SMILES string of the molecule is CC(C)(C)CC(C)(C)S(C)(=O)=O. The van der Waals surface area contributed by atoms with Gasteiger partial charge in [0.1, 0.15) is 0 Å². The Bertz CT molecular complexity index is 242. The van der Waals surface area contributed by atoms with E-state index in [1.807, 2.05) is 0 Å². The quantitative estimate of drug-likeness (QED) is 0.672. The smallest absolute Gasteiger partial charge is 0.152 e. The summed E-state index contributed by atoms with van der Waals surface area (Å²) < 4.78 is 22.1. The molecule has 0 fully saturated rings. The molecule has 0 aliphatic rings. The standard InChI is InChI=1S/C9H20O2S/c1-8(2,3)7-9(4,5)12(6,10)11/h7H2,1-6H3. The maximum absolute atomic E-state index is 11.3. The van der Waals surface area contributed by atoms with Crippen molar-refractivity contribution in [1.29, 1.82) is 0 Å². The first kappa shape index (κ1) is 11.9. The van der Waals surface area contributed by atoms with Gasteiger partial charge in [0.15, 0.2) is 9.84 Å². The fraction of sp³-hybridized carbons (Fsp3) is 1.00. The molecule has 12 heavy (non-hydrogen) atoms. The van der Waals surface area contributed by atoms with E-state index >= 15 is 0 Å². The summed E-state index contributed by atoms with van der Waals surface area (Å²) >= 11 is 0. The molecular weight excluding hydrogens is 172 g/mol. The van der Waals surface area contributed by atoms with Gasteiger partial charge in [-0.2, -0.15) is 0 Å². The van der Waals surface area contributed by atoms with E-state index in [-0.39, 0.29) is 5.41 Å². The second-order valence-corrected chi connectivity index (χ2v) is 7.92. The molecule has 0 spiro atoms. The highest BCUT2D eigenvalue weighted by Gasteiger charge is 2.34. The first-order chi connectivity index (χ1) is 4.96. The van der Waals surface area contributed by atoms with Crippen molar-refractivity contribution in [3.63, 3.8) is 0 Å². The van der Waals surface area contributed by atoms with Crippen LogP contribution in [0.2, 0.25) is 0 Å². The van der Waals surface area contributed by atoms with Gasteiger partial charge in [-0.1, -0.05) is 20.8 Å². The van der Waals surface area contributed by atoms with Gasteiger partial charge < -0.3 is 0 Å². The maximum atomic E-state index is 11.3. The van der Waals surface area contributed by atoms with Crippen molar-refractivity contribution < 1.29 is 8.42 Å². The average Bonchev–Trinajstić information content (AvgIpc) is 1.52. The number of hydrogen-bond donors (Lipinski definition) is 0. The molecule has 0 N–H and O–H groups in total. The van der Waals surface area contributed by atoms with E-state index in [9.17, 15) is 8.42 Å². The summed E-state index contributed by atoms with van der Waals surface area (Å²) in [6, 6.07) is 0. The van der Waals surface area contributed by atoms with Crippen molar-refractivity contribution in [2.75, 3.05) is 6.26 Å². The van der Waals surface area contributed by atoms with Crippen LogP contribution in [0.15, 0.2) is 0 Å². The van der Waals surface area contributed by atoms with E-state index in [0.717, 1.165) is 0 Å². The van der Waals surface area contributed by atoms with Gasteiger partial charge in [-0.3, -0.25) is 0 Å². The van der Waals surface area contributed by atoms with Crippen LogP contribution in [0.5, 0.6) is 0 Å². The van der Waals surface area contributed by atoms with Crippen LogP contribution < -0.4 is 0 Å². The molecule has 0 radical (unpaired) electrons. The normalized spacial score (nSPS) is 14.8. The van der Waals surface area contributed by atoms with E-state index < -0.39 is 14.6 Å². The summed E-state index contributed by atoms with van der Waals surface area (Å²) in [5.74, 6) is 0. The van der Waals surface area contributed by atoms with Gasteiger partial charge >= 0.3 is 0 Å². The lowest BCUT2D eigenvalue weighted by Crippen LogP contribution is -2.35. The van der Waals surface area contributed by atoms with Crippen LogP contribution in [0.25, 0.3) is 0 Å². The molecule has 0 saturated carbocycles. The molecule has 0 amide bonds. The minimum absolute atomic E-state index is 0.0621. The second-order valence-electron chi connectivity index (χ2n) is 5.27. The molecule has 0 aromatic carbocycles. The van der Waals surface area contributed by atoms with Crippen LogP contribution in [0.4, 0.5) is 0 Å². The van der Waals surface area contributed by atoms with Crippen molar-refractivity contribution in [3.05, 3.63) is 0 Å². The fourth-order valence-electron chi connectivity index (χ4n) is 1.41. The van der Waals surface area contributed by atoms with Crippen molar-refractivity contribution in [2.24, 2.45) is 5.41 Å². The Kier molecular flexibility index (Phi) is 3.01. The van der Waals surface area contributed by atoms with E-state index in [2.05, 4.69) is 20.8 Å². The van der Waals surface area contributed by atoms with Crippen molar-refractivity contribution in [1.82, 2.24) is 0 Å². The fourth-order valence-corrected chi connectivity index (χ4v) is 2.10. The maximum Gasteiger partial charge on any atom is 0.152 e. The zero-order valence-corrected chi connectivity index (χ0v) is 9.75. The molecule has 0 heterocycles. The Morgan fingerprint density at radius 1 is 1.00 bits per heavy atom. The molecule has 3 heteroatoms. The van der Waals surface area contributed by atoms with Crippen LogP contribution in [0, 0.1) is 5.41 Å². The monoisotopic (exact) mass is 192 g/mol. The van der Waals surface area contributed by atoms with Crippen molar-refractivity contribution in [3.8, 4) is 0 Å². The highest BCUT2D eigenvalue weighted by molar-refractivity contribution is 7.92. The van der Waals surface area contributed by atoms with Gasteiger partial charge in [0.25, 0.3) is 0 Å². The summed E-state index contributed by atoms with van der Waals surface area (Å²) in [7, 11) is -2.94. The zero-order valence-electron chi connectivity index (χ0n) is 8.93. The van der Waals surface area contributed by atoms with E-state index in [0.29, 0.717) is 6.42 Å². The van der Waals surface area contributed by atoms with Gasteiger partial charge in [-0.25, -0.2) is 8.42 Å². The molecule has 2 nitrogen and oxygen atoms in total. The molecule has 0 saturated heterocycles. The third kappa shape index (κ3) is 3.57.